The van der Waals surface area contributed by atoms with E-state index in [1.165, 1.54) is 0 Å². The summed E-state index contributed by atoms with van der Waals surface area (Å²) >= 11 is 5.68. The summed E-state index contributed by atoms with van der Waals surface area (Å²) in [4.78, 5) is 11.9. The van der Waals surface area contributed by atoms with E-state index in [-0.39, 0.29) is 11.8 Å². The number of carbonyl (C=O) groups is 1. The first-order valence-corrected chi connectivity index (χ1v) is 5.91. The highest BCUT2D eigenvalue weighted by molar-refractivity contribution is 6.18. The first-order chi connectivity index (χ1) is 7.47. The van der Waals surface area contributed by atoms with Crippen molar-refractivity contribution in [2.24, 2.45) is 5.92 Å². The number of halogens is 1. The highest BCUT2D eigenvalue weighted by Crippen LogP contribution is 2.20. The van der Waals surface area contributed by atoms with Gasteiger partial charge in [-0.25, -0.2) is 0 Å². The molecule has 1 amide bonds. The van der Waals surface area contributed by atoms with Crippen molar-refractivity contribution < 1.29 is 9.21 Å². The molecular formula is C12H18ClNO2. The van der Waals surface area contributed by atoms with E-state index in [4.69, 9.17) is 16.0 Å². The maximum Gasteiger partial charge on any atom is 0.255 e. The van der Waals surface area contributed by atoms with Gasteiger partial charge in [-0.1, -0.05) is 6.92 Å². The second kappa shape index (κ2) is 5.39. The molecule has 1 rings (SSSR count). The number of furan rings is 1. The minimum atomic E-state index is -0.0798. The molecule has 1 atom stereocenters. The molecule has 0 aliphatic heterocycles. The van der Waals surface area contributed by atoms with Crippen LogP contribution in [0.4, 0.5) is 0 Å². The Hall–Kier alpha value is -0.960. The van der Waals surface area contributed by atoms with Crippen LogP contribution in [-0.4, -0.2) is 18.3 Å². The molecule has 0 radical (unpaired) electrons. The first-order valence-electron chi connectivity index (χ1n) is 5.38. The molecule has 1 aromatic rings. The molecule has 1 N–H and O–H groups in total. The van der Waals surface area contributed by atoms with Crippen LogP contribution < -0.4 is 5.32 Å². The third-order valence-electron chi connectivity index (χ3n) is 2.66. The van der Waals surface area contributed by atoms with E-state index in [9.17, 15) is 4.79 Å². The minimum Gasteiger partial charge on any atom is -0.466 e. The highest BCUT2D eigenvalue weighted by Gasteiger charge is 2.18. The van der Waals surface area contributed by atoms with E-state index in [2.05, 4.69) is 5.32 Å². The molecule has 1 aromatic heterocycles. The second-order valence-electron chi connectivity index (χ2n) is 4.18. The van der Waals surface area contributed by atoms with Crippen molar-refractivity contribution in [1.29, 1.82) is 0 Å². The van der Waals surface area contributed by atoms with Crippen molar-refractivity contribution in [3.05, 3.63) is 22.6 Å². The SMILES string of the molecule is Cc1oc(C)c(C(=O)NCC(C)CCl)c1C. The fourth-order valence-corrected chi connectivity index (χ4v) is 1.65. The van der Waals surface area contributed by atoms with Crippen LogP contribution in [0.5, 0.6) is 0 Å². The summed E-state index contributed by atoms with van der Waals surface area (Å²) in [6.45, 7) is 8.14. The predicted molar refractivity (Wildman–Crippen MR) is 65.1 cm³/mol. The number of aryl methyl sites for hydroxylation is 2. The van der Waals surface area contributed by atoms with Gasteiger partial charge in [0.1, 0.15) is 11.5 Å². The van der Waals surface area contributed by atoms with Gasteiger partial charge in [0.2, 0.25) is 0 Å². The van der Waals surface area contributed by atoms with Crippen molar-refractivity contribution >= 4 is 17.5 Å². The Morgan fingerprint density at radius 3 is 2.44 bits per heavy atom. The van der Waals surface area contributed by atoms with Crippen molar-refractivity contribution in [3.63, 3.8) is 0 Å². The Morgan fingerprint density at radius 2 is 2.00 bits per heavy atom. The Bertz CT molecular complexity index is 385. The summed E-state index contributed by atoms with van der Waals surface area (Å²) < 4.78 is 5.41. The molecule has 0 saturated carbocycles. The van der Waals surface area contributed by atoms with Gasteiger partial charge in [0.05, 0.1) is 5.56 Å². The van der Waals surface area contributed by atoms with Gasteiger partial charge in [0, 0.05) is 18.0 Å². The van der Waals surface area contributed by atoms with Gasteiger partial charge in [-0.2, -0.15) is 0 Å². The highest BCUT2D eigenvalue weighted by atomic mass is 35.5. The van der Waals surface area contributed by atoms with Crippen LogP contribution in [0.2, 0.25) is 0 Å². The summed E-state index contributed by atoms with van der Waals surface area (Å²) in [6, 6.07) is 0. The summed E-state index contributed by atoms with van der Waals surface area (Å²) in [7, 11) is 0. The van der Waals surface area contributed by atoms with Crippen LogP contribution in [0.25, 0.3) is 0 Å². The van der Waals surface area contributed by atoms with Gasteiger partial charge in [-0.3, -0.25) is 4.79 Å². The molecule has 16 heavy (non-hydrogen) atoms. The molecule has 0 aliphatic rings. The molecule has 0 fully saturated rings. The van der Waals surface area contributed by atoms with E-state index < -0.39 is 0 Å². The number of rotatable bonds is 4. The van der Waals surface area contributed by atoms with Crippen molar-refractivity contribution in [2.45, 2.75) is 27.7 Å². The lowest BCUT2D eigenvalue weighted by Gasteiger charge is -2.09. The smallest absolute Gasteiger partial charge is 0.255 e. The zero-order valence-electron chi connectivity index (χ0n) is 10.2. The molecule has 4 heteroatoms. The number of alkyl halides is 1. The topological polar surface area (TPSA) is 42.2 Å². The summed E-state index contributed by atoms with van der Waals surface area (Å²) in [5.74, 6) is 2.21. The van der Waals surface area contributed by atoms with Gasteiger partial charge in [0.15, 0.2) is 0 Å². The van der Waals surface area contributed by atoms with Crippen LogP contribution in [0.15, 0.2) is 4.42 Å². The number of hydrogen-bond acceptors (Lipinski definition) is 2. The lowest BCUT2D eigenvalue weighted by atomic mass is 10.1. The fourth-order valence-electron chi connectivity index (χ4n) is 1.54. The van der Waals surface area contributed by atoms with Gasteiger partial charge in [-0.05, 0) is 26.7 Å². The van der Waals surface area contributed by atoms with E-state index in [0.717, 1.165) is 11.3 Å². The standard InChI is InChI=1S/C12H18ClNO2/c1-7(5-13)6-14-12(15)11-8(2)9(3)16-10(11)4/h7H,5-6H2,1-4H3,(H,14,15). The predicted octanol–water partition coefficient (Wildman–Crippen LogP) is 2.81. The van der Waals surface area contributed by atoms with Crippen LogP contribution in [-0.2, 0) is 0 Å². The molecule has 0 aromatic carbocycles. The molecule has 0 aliphatic carbocycles. The number of nitrogens with one attached hydrogen (secondary N) is 1. The zero-order chi connectivity index (χ0) is 12.3. The lowest BCUT2D eigenvalue weighted by Crippen LogP contribution is -2.29. The third-order valence-corrected chi connectivity index (χ3v) is 3.19. The van der Waals surface area contributed by atoms with Gasteiger partial charge in [0.25, 0.3) is 5.91 Å². The average molecular weight is 244 g/mol. The molecule has 0 bridgehead atoms. The van der Waals surface area contributed by atoms with E-state index in [0.29, 0.717) is 23.7 Å². The molecule has 3 nitrogen and oxygen atoms in total. The number of amides is 1. The van der Waals surface area contributed by atoms with Gasteiger partial charge >= 0.3 is 0 Å². The van der Waals surface area contributed by atoms with Crippen molar-refractivity contribution in [2.75, 3.05) is 12.4 Å². The van der Waals surface area contributed by atoms with Crippen LogP contribution in [0.1, 0.15) is 34.4 Å². The van der Waals surface area contributed by atoms with E-state index in [1.54, 1.807) is 6.92 Å². The Kier molecular flexibility index (Phi) is 4.42. The van der Waals surface area contributed by atoms with Gasteiger partial charge < -0.3 is 9.73 Å². The normalized spacial score (nSPS) is 12.6. The van der Waals surface area contributed by atoms with Gasteiger partial charge in [-0.15, -0.1) is 11.6 Å². The Labute approximate surface area is 101 Å². The molecule has 0 spiro atoms. The maximum absolute atomic E-state index is 11.9. The number of hydrogen-bond donors (Lipinski definition) is 1. The van der Waals surface area contributed by atoms with Crippen molar-refractivity contribution in [1.82, 2.24) is 5.32 Å². The Balaban J connectivity index is 2.73. The third kappa shape index (κ3) is 2.79. The summed E-state index contributed by atoms with van der Waals surface area (Å²) in [5.41, 5.74) is 1.56. The Morgan fingerprint density at radius 1 is 1.38 bits per heavy atom. The lowest BCUT2D eigenvalue weighted by molar-refractivity contribution is 0.0947. The molecule has 1 heterocycles. The monoisotopic (exact) mass is 243 g/mol. The first kappa shape index (κ1) is 13.1. The molecular weight excluding hydrogens is 226 g/mol. The van der Waals surface area contributed by atoms with Crippen LogP contribution in [0.3, 0.4) is 0 Å². The average Bonchev–Trinajstić information content (AvgIpc) is 2.49. The van der Waals surface area contributed by atoms with E-state index in [1.807, 2.05) is 20.8 Å². The quantitative estimate of drug-likeness (QED) is 0.827. The molecule has 90 valence electrons. The largest absolute Gasteiger partial charge is 0.466 e. The fraction of sp³-hybridized carbons (Fsp3) is 0.583. The summed E-state index contributed by atoms with van der Waals surface area (Å²) in [6.07, 6.45) is 0. The maximum atomic E-state index is 11.9. The van der Waals surface area contributed by atoms with Crippen LogP contribution in [0, 0.1) is 26.7 Å². The zero-order valence-corrected chi connectivity index (χ0v) is 10.9. The minimum absolute atomic E-state index is 0.0798. The molecule has 0 saturated heterocycles. The molecule has 1 unspecified atom stereocenters. The van der Waals surface area contributed by atoms with Crippen LogP contribution >= 0.6 is 11.6 Å². The summed E-state index contributed by atoms with van der Waals surface area (Å²) in [5, 5.41) is 2.86. The van der Waals surface area contributed by atoms with Crippen molar-refractivity contribution in [3.8, 4) is 0 Å². The number of carbonyl (C=O) groups excluding carboxylic acids is 1. The second-order valence-corrected chi connectivity index (χ2v) is 4.49. The van der Waals surface area contributed by atoms with E-state index >= 15 is 0 Å².